The molecule has 0 aliphatic heterocycles. The number of para-hydroxylation sites is 1. The molecule has 1 heterocycles. The Bertz CT molecular complexity index is 796. The van der Waals surface area contributed by atoms with Crippen LogP contribution in [0.2, 0.25) is 0 Å². The van der Waals surface area contributed by atoms with Crippen LogP contribution >= 0.6 is 0 Å². The molecule has 7 nitrogen and oxygen atoms in total. The van der Waals surface area contributed by atoms with Crippen molar-refractivity contribution in [2.45, 2.75) is 52.5 Å². The lowest BCUT2D eigenvalue weighted by atomic mass is 9.99. The van der Waals surface area contributed by atoms with Crippen LogP contribution in [0, 0.1) is 6.92 Å². The summed E-state index contributed by atoms with van der Waals surface area (Å²) in [7, 11) is 0. The number of aliphatic carboxylic acids is 1. The molecule has 2 aromatic rings. The highest BCUT2D eigenvalue weighted by atomic mass is 16.4. The van der Waals surface area contributed by atoms with Crippen molar-refractivity contribution in [1.82, 2.24) is 15.1 Å². The molecular weight excluding hydrogens is 332 g/mol. The number of hydrogen-bond donors (Lipinski definition) is 3. The number of rotatable bonds is 7. The molecule has 140 valence electrons. The van der Waals surface area contributed by atoms with Gasteiger partial charge in [-0.1, -0.05) is 25.1 Å². The molecule has 7 heteroatoms. The monoisotopic (exact) mass is 358 g/mol. The van der Waals surface area contributed by atoms with Gasteiger partial charge in [-0.2, -0.15) is 5.10 Å². The second kappa shape index (κ2) is 8.03. The molecular formula is C19H26N4O3. The van der Waals surface area contributed by atoms with Gasteiger partial charge in [-0.25, -0.2) is 9.48 Å². The van der Waals surface area contributed by atoms with Gasteiger partial charge >= 0.3 is 12.0 Å². The quantitative estimate of drug-likeness (QED) is 0.706. The molecule has 3 N–H and O–H groups in total. The topological polar surface area (TPSA) is 96.2 Å². The average Bonchev–Trinajstić information content (AvgIpc) is 2.95. The summed E-state index contributed by atoms with van der Waals surface area (Å²) in [5, 5.41) is 18.9. The highest BCUT2D eigenvalue weighted by Crippen LogP contribution is 2.22. The zero-order valence-electron chi connectivity index (χ0n) is 15.7. The van der Waals surface area contributed by atoms with E-state index < -0.39 is 11.5 Å². The third kappa shape index (κ3) is 4.84. The van der Waals surface area contributed by atoms with E-state index in [1.165, 1.54) is 0 Å². The minimum atomic E-state index is -0.881. The van der Waals surface area contributed by atoms with Gasteiger partial charge in [0.25, 0.3) is 0 Å². The first-order valence-electron chi connectivity index (χ1n) is 8.67. The first-order valence-corrected chi connectivity index (χ1v) is 8.67. The molecule has 0 unspecified atom stereocenters. The van der Waals surface area contributed by atoms with E-state index in [9.17, 15) is 9.59 Å². The number of amides is 2. The van der Waals surface area contributed by atoms with Crippen LogP contribution in [0.15, 0.2) is 30.5 Å². The highest BCUT2D eigenvalue weighted by Gasteiger charge is 2.22. The van der Waals surface area contributed by atoms with Gasteiger partial charge in [0.15, 0.2) is 0 Å². The minimum Gasteiger partial charge on any atom is -0.481 e. The van der Waals surface area contributed by atoms with Crippen molar-refractivity contribution in [2.75, 3.05) is 5.32 Å². The van der Waals surface area contributed by atoms with E-state index in [0.717, 1.165) is 16.9 Å². The Morgan fingerprint density at radius 2 is 1.96 bits per heavy atom. The number of carbonyl (C=O) groups is 2. The van der Waals surface area contributed by atoms with Crippen LogP contribution in [-0.2, 0) is 11.2 Å². The predicted octanol–water partition coefficient (Wildman–Crippen LogP) is 3.51. The van der Waals surface area contributed by atoms with E-state index in [1.807, 2.05) is 42.8 Å². The zero-order chi connectivity index (χ0) is 19.3. The van der Waals surface area contributed by atoms with Crippen molar-refractivity contribution < 1.29 is 14.7 Å². The van der Waals surface area contributed by atoms with Crippen LogP contribution in [0.1, 0.15) is 44.9 Å². The van der Waals surface area contributed by atoms with Crippen LogP contribution in [0.25, 0.3) is 5.69 Å². The van der Waals surface area contributed by atoms with Crippen LogP contribution in [-0.4, -0.2) is 32.4 Å². The van der Waals surface area contributed by atoms with Crippen molar-refractivity contribution in [1.29, 1.82) is 0 Å². The Morgan fingerprint density at radius 1 is 1.27 bits per heavy atom. The molecule has 0 bridgehead atoms. The van der Waals surface area contributed by atoms with Gasteiger partial charge < -0.3 is 15.7 Å². The van der Waals surface area contributed by atoms with E-state index in [-0.39, 0.29) is 12.5 Å². The first kappa shape index (κ1) is 19.5. The Balaban J connectivity index is 2.14. The summed E-state index contributed by atoms with van der Waals surface area (Å²) in [5.41, 5.74) is 2.98. The molecule has 0 aliphatic carbocycles. The number of carbonyl (C=O) groups excluding carboxylic acids is 1. The third-order valence-corrected chi connectivity index (χ3v) is 4.21. The smallest absolute Gasteiger partial charge is 0.319 e. The Kier molecular flexibility index (Phi) is 6.02. The van der Waals surface area contributed by atoms with Gasteiger partial charge in [0, 0.05) is 12.0 Å². The number of urea groups is 1. The van der Waals surface area contributed by atoms with Crippen LogP contribution in [0.5, 0.6) is 0 Å². The van der Waals surface area contributed by atoms with Crippen molar-refractivity contribution in [3.8, 4) is 5.69 Å². The maximum atomic E-state index is 12.3. The normalized spacial score (nSPS) is 11.2. The number of anilines is 1. The molecule has 0 radical (unpaired) electrons. The van der Waals surface area contributed by atoms with Crippen molar-refractivity contribution >= 4 is 17.7 Å². The minimum absolute atomic E-state index is 0.00128. The van der Waals surface area contributed by atoms with E-state index in [1.54, 1.807) is 20.0 Å². The largest absolute Gasteiger partial charge is 0.481 e. The Labute approximate surface area is 153 Å². The fourth-order valence-electron chi connectivity index (χ4n) is 2.77. The van der Waals surface area contributed by atoms with Crippen molar-refractivity contribution in [2.24, 2.45) is 0 Å². The maximum absolute atomic E-state index is 12.3. The van der Waals surface area contributed by atoms with Crippen molar-refractivity contribution in [3.63, 3.8) is 0 Å². The lowest BCUT2D eigenvalue weighted by Crippen LogP contribution is -2.45. The Hall–Kier alpha value is -2.83. The average molecular weight is 358 g/mol. The maximum Gasteiger partial charge on any atom is 0.319 e. The number of hydrogen-bond acceptors (Lipinski definition) is 3. The predicted molar refractivity (Wildman–Crippen MR) is 101 cm³/mol. The highest BCUT2D eigenvalue weighted by molar-refractivity contribution is 5.90. The molecule has 0 atom stereocenters. The number of nitrogens with zero attached hydrogens (tertiary/aromatic N) is 2. The standard InChI is InChI=1S/C19H26N4O3/c1-5-15-14(12-20-23(15)16-9-7-6-8-13(16)2)21-18(26)22-19(3,4)11-10-17(24)25/h6-9,12H,5,10-11H2,1-4H3,(H,24,25)(H2,21,22,26). The zero-order valence-corrected chi connectivity index (χ0v) is 15.7. The van der Waals surface area contributed by atoms with Gasteiger partial charge in [-0.05, 0) is 45.2 Å². The molecule has 0 aliphatic rings. The second-order valence-corrected chi connectivity index (χ2v) is 6.91. The molecule has 0 saturated carbocycles. The van der Waals surface area contributed by atoms with E-state index >= 15 is 0 Å². The molecule has 0 spiro atoms. The summed E-state index contributed by atoms with van der Waals surface area (Å²) in [5.74, 6) is -0.881. The summed E-state index contributed by atoms with van der Waals surface area (Å²) in [4.78, 5) is 23.1. The molecule has 2 amide bonds. The van der Waals surface area contributed by atoms with Crippen LogP contribution in [0.3, 0.4) is 0 Å². The molecule has 2 rings (SSSR count). The Morgan fingerprint density at radius 3 is 2.58 bits per heavy atom. The fourth-order valence-corrected chi connectivity index (χ4v) is 2.77. The van der Waals surface area contributed by atoms with Gasteiger partial charge in [-0.15, -0.1) is 0 Å². The molecule has 26 heavy (non-hydrogen) atoms. The van der Waals surface area contributed by atoms with Crippen molar-refractivity contribution in [3.05, 3.63) is 41.7 Å². The number of aryl methyl sites for hydroxylation is 1. The van der Waals surface area contributed by atoms with Gasteiger partial charge in [0.2, 0.25) is 0 Å². The van der Waals surface area contributed by atoms with E-state index in [0.29, 0.717) is 18.5 Å². The fraction of sp³-hybridized carbons (Fsp3) is 0.421. The molecule has 1 aromatic carbocycles. The summed E-state index contributed by atoms with van der Waals surface area (Å²) >= 11 is 0. The lowest BCUT2D eigenvalue weighted by Gasteiger charge is -2.25. The van der Waals surface area contributed by atoms with Gasteiger partial charge in [0.1, 0.15) is 0 Å². The summed E-state index contributed by atoms with van der Waals surface area (Å²) in [6, 6.07) is 7.55. The first-order chi connectivity index (χ1) is 12.2. The van der Waals surface area contributed by atoms with Crippen LogP contribution < -0.4 is 10.6 Å². The number of nitrogens with one attached hydrogen (secondary N) is 2. The van der Waals surface area contributed by atoms with Crippen LogP contribution in [0.4, 0.5) is 10.5 Å². The summed E-state index contributed by atoms with van der Waals surface area (Å²) in [6.07, 6.45) is 2.68. The van der Waals surface area contributed by atoms with Gasteiger partial charge in [0.05, 0.1) is 23.3 Å². The van der Waals surface area contributed by atoms with E-state index in [4.69, 9.17) is 5.11 Å². The number of aromatic nitrogens is 2. The van der Waals surface area contributed by atoms with E-state index in [2.05, 4.69) is 15.7 Å². The SMILES string of the molecule is CCc1c(NC(=O)NC(C)(C)CCC(=O)O)cnn1-c1ccccc1C. The lowest BCUT2D eigenvalue weighted by molar-refractivity contribution is -0.137. The number of benzene rings is 1. The number of carboxylic acids is 1. The number of carboxylic acid groups (broad SMARTS) is 1. The summed E-state index contributed by atoms with van der Waals surface area (Å²) < 4.78 is 1.83. The molecule has 0 fully saturated rings. The third-order valence-electron chi connectivity index (χ3n) is 4.21. The van der Waals surface area contributed by atoms with Gasteiger partial charge in [-0.3, -0.25) is 4.79 Å². The molecule has 1 aromatic heterocycles. The molecule has 0 saturated heterocycles. The second-order valence-electron chi connectivity index (χ2n) is 6.91. The summed E-state index contributed by atoms with van der Waals surface area (Å²) in [6.45, 7) is 7.62.